The molecule has 0 unspecified atom stereocenters. The molecule has 0 spiro atoms. The lowest BCUT2D eigenvalue weighted by molar-refractivity contribution is -0.170. The number of hydrogen-bond donors (Lipinski definition) is 1. The number of aromatic nitrogens is 1. The molecule has 0 aliphatic carbocycles. The molecular weight excluding hydrogens is 322 g/mol. The van der Waals surface area contributed by atoms with Crippen LogP contribution in [0.1, 0.15) is 6.92 Å². The normalized spacial score (nSPS) is 15.5. The average Bonchev–Trinajstić information content (AvgIpc) is 2.90. The van der Waals surface area contributed by atoms with E-state index in [2.05, 4.69) is 5.87 Å². The third-order valence-electron chi connectivity index (χ3n) is 4.23. The maximum atomic E-state index is 13.5. The fourth-order valence-electron chi connectivity index (χ4n) is 2.87. The van der Waals surface area contributed by atoms with Crippen LogP contribution in [0, 0.1) is 11.2 Å². The lowest BCUT2D eigenvalue weighted by Gasteiger charge is -2.31. The van der Waals surface area contributed by atoms with E-state index in [1.54, 1.807) is 22.8 Å². The first-order valence-corrected chi connectivity index (χ1v) is 7.41. The van der Waals surface area contributed by atoms with E-state index in [0.29, 0.717) is 28.4 Å². The summed E-state index contributed by atoms with van der Waals surface area (Å²) < 4.78 is 53.9. The van der Waals surface area contributed by atoms with Crippen LogP contribution >= 0.6 is 0 Å². The van der Waals surface area contributed by atoms with E-state index in [0.717, 1.165) is 6.92 Å². The van der Waals surface area contributed by atoms with Crippen molar-refractivity contribution in [3.8, 4) is 11.1 Å². The summed E-state index contributed by atoms with van der Waals surface area (Å²) >= 11 is 0. The van der Waals surface area contributed by atoms with Crippen LogP contribution in [-0.4, -0.2) is 34.1 Å². The molecule has 0 saturated carbocycles. The van der Waals surface area contributed by atoms with Gasteiger partial charge in [0.15, 0.2) is 0 Å². The average molecular weight is 337 g/mol. The van der Waals surface area contributed by atoms with Crippen molar-refractivity contribution in [1.29, 1.82) is 5.41 Å². The van der Waals surface area contributed by atoms with Crippen molar-refractivity contribution >= 4 is 12.1 Å². The molecular formula is C17H15F4N3. The van der Waals surface area contributed by atoms with Crippen LogP contribution in [0.4, 0.5) is 17.6 Å². The lowest BCUT2D eigenvalue weighted by Crippen LogP contribution is -2.47. The summed E-state index contributed by atoms with van der Waals surface area (Å²) in [6.07, 6.45) is -2.88. The Morgan fingerprint density at radius 1 is 1.21 bits per heavy atom. The molecule has 1 aliphatic heterocycles. The first kappa shape index (κ1) is 16.3. The van der Waals surface area contributed by atoms with E-state index in [1.807, 2.05) is 0 Å². The summed E-state index contributed by atoms with van der Waals surface area (Å²) in [6, 6.07) is 5.97. The number of nitrogens with one attached hydrogen (secondary N) is 1. The van der Waals surface area contributed by atoms with Gasteiger partial charge in [0, 0.05) is 30.7 Å². The number of nitrogens with zero attached hydrogens (tertiary/aromatic N) is 2. The van der Waals surface area contributed by atoms with Gasteiger partial charge in [-0.1, -0.05) is 12.1 Å². The number of halogens is 4. The molecule has 0 saturated heterocycles. The fourth-order valence-corrected chi connectivity index (χ4v) is 2.87. The van der Waals surface area contributed by atoms with Crippen molar-refractivity contribution in [2.24, 2.45) is 0 Å². The molecule has 3 rings (SSSR count). The second kappa shape index (κ2) is 5.83. The highest BCUT2D eigenvalue weighted by molar-refractivity contribution is 5.69. The molecule has 0 amide bonds. The van der Waals surface area contributed by atoms with Gasteiger partial charge >= 0.3 is 6.18 Å². The fraction of sp³-hybridized carbons (Fsp3) is 0.294. The quantitative estimate of drug-likeness (QED) is 0.661. The Kier molecular flexibility index (Phi) is 3.97. The minimum Gasteiger partial charge on any atom is -0.362 e. The summed E-state index contributed by atoms with van der Waals surface area (Å²) in [5, 5.41) is 8.49. The smallest absolute Gasteiger partial charge is 0.362 e. The summed E-state index contributed by atoms with van der Waals surface area (Å²) in [5.41, 5.74) is 1.15. The van der Waals surface area contributed by atoms with E-state index < -0.39 is 18.0 Å². The second-order valence-corrected chi connectivity index (χ2v) is 5.70. The minimum absolute atomic E-state index is 0.180. The predicted octanol–water partition coefficient (Wildman–Crippen LogP) is 2.22. The van der Waals surface area contributed by atoms with Crippen LogP contribution in [0.25, 0.3) is 17.3 Å². The van der Waals surface area contributed by atoms with E-state index in [9.17, 15) is 17.6 Å². The number of alkyl halides is 3. The van der Waals surface area contributed by atoms with Gasteiger partial charge in [-0.2, -0.15) is 13.2 Å². The van der Waals surface area contributed by atoms with Crippen molar-refractivity contribution in [2.75, 3.05) is 6.54 Å². The van der Waals surface area contributed by atoms with E-state index in [-0.39, 0.29) is 6.54 Å². The summed E-state index contributed by atoms with van der Waals surface area (Å²) in [7, 11) is 0. The minimum atomic E-state index is -4.31. The van der Waals surface area contributed by atoms with Gasteiger partial charge in [0.1, 0.15) is 17.2 Å². The zero-order chi connectivity index (χ0) is 17.5. The topological polar surface area (TPSA) is 32.0 Å². The Hall–Kier alpha value is -2.53. The first-order chi connectivity index (χ1) is 11.3. The molecule has 7 heteroatoms. The zero-order valence-electron chi connectivity index (χ0n) is 12.9. The highest BCUT2D eigenvalue weighted by atomic mass is 19.4. The standard InChI is InChI=1S/C17H15F4N3/c1-11(17(19,20)21)23-5-6-24-14(10-23)8-15(16(24)9-22)12-3-2-4-13(18)7-12/h2-4,7-8,10-11,22H,5-6H2,1H3/t11-/m0/s1. The molecule has 3 nitrogen and oxygen atoms in total. The summed E-state index contributed by atoms with van der Waals surface area (Å²) in [6.45, 7) is 1.61. The molecule has 0 fully saturated rings. The molecule has 126 valence electrons. The Morgan fingerprint density at radius 3 is 2.58 bits per heavy atom. The molecule has 1 aromatic heterocycles. The Labute approximate surface area is 135 Å². The van der Waals surface area contributed by atoms with E-state index >= 15 is 0 Å². The van der Waals surface area contributed by atoms with Crippen molar-refractivity contribution < 1.29 is 17.6 Å². The lowest BCUT2D eigenvalue weighted by atomic mass is 10.1. The highest BCUT2D eigenvalue weighted by Crippen LogP contribution is 2.25. The maximum absolute atomic E-state index is 13.5. The molecule has 2 heterocycles. The van der Waals surface area contributed by atoms with Gasteiger partial charge in [-0.05, 0) is 30.7 Å². The molecule has 0 bridgehead atoms. The molecule has 1 aliphatic rings. The summed E-state index contributed by atoms with van der Waals surface area (Å²) in [4.78, 5) is 1.23. The monoisotopic (exact) mass is 337 g/mol. The number of benzene rings is 1. The molecule has 2 aromatic rings. The van der Waals surface area contributed by atoms with Gasteiger partial charge in [0.2, 0.25) is 0 Å². The van der Waals surface area contributed by atoms with Crippen LogP contribution in [-0.2, 0) is 6.54 Å². The molecule has 1 atom stereocenters. The SMILES string of the molecule is C[C@H](N1C=c2cc(-c3cccc(F)c3)c(=C=N)n2CC1)C(F)(F)F. The van der Waals surface area contributed by atoms with Gasteiger partial charge in [-0.15, -0.1) is 0 Å². The number of fused-ring (bicyclic) bond motifs is 1. The highest BCUT2D eigenvalue weighted by Gasteiger charge is 2.39. The summed E-state index contributed by atoms with van der Waals surface area (Å²) in [5.74, 6) is 1.91. The largest absolute Gasteiger partial charge is 0.408 e. The van der Waals surface area contributed by atoms with Crippen molar-refractivity contribution in [3.63, 3.8) is 0 Å². The first-order valence-electron chi connectivity index (χ1n) is 7.41. The molecule has 24 heavy (non-hydrogen) atoms. The van der Waals surface area contributed by atoms with Crippen molar-refractivity contribution in [2.45, 2.75) is 25.7 Å². The third-order valence-corrected chi connectivity index (χ3v) is 4.23. The Bertz CT molecular complexity index is 907. The zero-order valence-corrected chi connectivity index (χ0v) is 12.9. The van der Waals surface area contributed by atoms with Crippen LogP contribution in [0.5, 0.6) is 0 Å². The van der Waals surface area contributed by atoms with Gasteiger partial charge in [0.25, 0.3) is 0 Å². The maximum Gasteiger partial charge on any atom is 0.408 e. The van der Waals surface area contributed by atoms with Crippen LogP contribution < -0.4 is 10.7 Å². The Morgan fingerprint density at radius 2 is 1.96 bits per heavy atom. The van der Waals surface area contributed by atoms with Crippen LogP contribution in [0.15, 0.2) is 30.3 Å². The van der Waals surface area contributed by atoms with Crippen LogP contribution in [0.2, 0.25) is 0 Å². The van der Waals surface area contributed by atoms with E-state index in [4.69, 9.17) is 5.41 Å². The number of hydrogen-bond acceptors (Lipinski definition) is 2. The third kappa shape index (κ3) is 2.83. The molecule has 0 radical (unpaired) electrons. The van der Waals surface area contributed by atoms with Crippen LogP contribution in [0.3, 0.4) is 0 Å². The molecule has 1 N–H and O–H groups in total. The van der Waals surface area contributed by atoms with Crippen molar-refractivity contribution in [1.82, 2.24) is 9.47 Å². The van der Waals surface area contributed by atoms with Gasteiger partial charge in [-0.3, -0.25) is 5.41 Å². The van der Waals surface area contributed by atoms with Gasteiger partial charge in [-0.25, -0.2) is 4.39 Å². The molecule has 1 aromatic carbocycles. The second-order valence-electron chi connectivity index (χ2n) is 5.70. The number of rotatable bonds is 2. The Balaban J connectivity index is 2.13. The van der Waals surface area contributed by atoms with Gasteiger partial charge in [0.05, 0.1) is 5.35 Å². The van der Waals surface area contributed by atoms with E-state index in [1.165, 1.54) is 23.2 Å². The van der Waals surface area contributed by atoms with Gasteiger partial charge < -0.3 is 9.47 Å². The predicted molar refractivity (Wildman–Crippen MR) is 82.6 cm³/mol. The van der Waals surface area contributed by atoms with Crippen molar-refractivity contribution in [3.05, 3.63) is 46.8 Å².